The van der Waals surface area contributed by atoms with Gasteiger partial charge in [0.1, 0.15) is 5.82 Å². The first kappa shape index (κ1) is 21.8. The predicted octanol–water partition coefficient (Wildman–Crippen LogP) is 4.68. The predicted molar refractivity (Wildman–Crippen MR) is 119 cm³/mol. The third kappa shape index (κ3) is 3.07. The minimum Gasteiger partial charge on any atom is -0.354 e. The summed E-state index contributed by atoms with van der Waals surface area (Å²) in [5, 5.41) is 3.81. The first-order valence-electron chi connectivity index (χ1n) is 11.6. The van der Waals surface area contributed by atoms with E-state index in [-0.39, 0.29) is 0 Å². The number of hydrogen-bond donors (Lipinski definition) is 1. The van der Waals surface area contributed by atoms with Gasteiger partial charge in [-0.25, -0.2) is 9.29 Å². The first-order chi connectivity index (χ1) is 14.7. The summed E-state index contributed by atoms with van der Waals surface area (Å²) in [6.45, 7) is 11.6. The second kappa shape index (κ2) is 7.26. The summed E-state index contributed by atoms with van der Waals surface area (Å²) < 4.78 is 40.8. The fourth-order valence-corrected chi connectivity index (χ4v) is 8.87. The van der Waals surface area contributed by atoms with Crippen molar-refractivity contribution in [3.05, 3.63) is 23.9 Å². The van der Waals surface area contributed by atoms with Gasteiger partial charge in [-0.3, -0.25) is 0 Å². The molecular weight excluding hydrogens is 421 g/mol. The molecule has 3 aliphatic carbocycles. The van der Waals surface area contributed by atoms with Gasteiger partial charge in [0.2, 0.25) is 0 Å². The van der Waals surface area contributed by atoms with Crippen LogP contribution in [0.1, 0.15) is 45.6 Å². The largest absolute Gasteiger partial charge is 0.417 e. The Morgan fingerprint density at radius 1 is 1.16 bits per heavy atom. The molecule has 172 valence electrons. The molecule has 5 rings (SSSR count). The molecule has 1 spiro atoms. The molecule has 0 bridgehead atoms. The number of aromatic nitrogens is 1. The lowest BCUT2D eigenvalue weighted by Gasteiger charge is -2.55. The molecule has 8 heteroatoms. The van der Waals surface area contributed by atoms with E-state index in [2.05, 4.69) is 40.3 Å². The molecule has 1 aromatic rings. The summed E-state index contributed by atoms with van der Waals surface area (Å²) >= 11 is 2.00. The number of rotatable bonds is 6. The van der Waals surface area contributed by atoms with E-state index in [1.54, 1.807) is 0 Å². The topological polar surface area (TPSA) is 31.4 Å². The Kier molecular flexibility index (Phi) is 5.11. The van der Waals surface area contributed by atoms with Crippen molar-refractivity contribution in [2.75, 3.05) is 43.4 Å². The van der Waals surface area contributed by atoms with Crippen LogP contribution in [0, 0.1) is 22.2 Å². The quantitative estimate of drug-likeness (QED) is 0.631. The number of alkyl halides is 3. The zero-order valence-corrected chi connectivity index (χ0v) is 19.5. The van der Waals surface area contributed by atoms with Gasteiger partial charge in [-0.15, -0.1) is 0 Å². The molecule has 3 saturated carbocycles. The molecule has 31 heavy (non-hydrogen) atoms. The summed E-state index contributed by atoms with van der Waals surface area (Å²) in [5.41, 5.74) is 0.775. The molecule has 1 aliphatic heterocycles. The highest BCUT2D eigenvalue weighted by Crippen LogP contribution is 2.90. The van der Waals surface area contributed by atoms with Crippen LogP contribution in [0.15, 0.2) is 18.3 Å². The lowest BCUT2D eigenvalue weighted by Crippen LogP contribution is -2.57. The van der Waals surface area contributed by atoms with Crippen molar-refractivity contribution in [2.24, 2.45) is 22.2 Å². The lowest BCUT2D eigenvalue weighted by atomic mass is 9.54. The maximum Gasteiger partial charge on any atom is 0.417 e. The minimum absolute atomic E-state index is 0.425. The highest BCUT2D eigenvalue weighted by Gasteiger charge is 2.87. The number of anilines is 1. The second-order valence-corrected chi connectivity index (χ2v) is 11.4. The van der Waals surface area contributed by atoms with Gasteiger partial charge in [0.15, 0.2) is 0 Å². The van der Waals surface area contributed by atoms with Crippen LogP contribution in [-0.4, -0.2) is 53.8 Å². The highest BCUT2D eigenvalue weighted by molar-refractivity contribution is 7.97. The standard InChI is InChI=1S/C23H33F3N4S/c1-4-27-18-13-17-20(2,3)22(17)8-7-21(18,22)15-31-30-11-9-29(10-12-30)19-6-5-16(14-28-19)23(24,25)26/h5-6,14,17-18,27H,4,7-13,15H2,1-3H3. The molecule has 0 radical (unpaired) electrons. The highest BCUT2D eigenvalue weighted by atomic mass is 32.2. The van der Waals surface area contributed by atoms with Crippen LogP contribution in [0.4, 0.5) is 19.0 Å². The average Bonchev–Trinajstić information content (AvgIpc) is 3.16. The van der Waals surface area contributed by atoms with Crippen molar-refractivity contribution in [3.8, 4) is 0 Å². The van der Waals surface area contributed by atoms with Gasteiger partial charge in [0.25, 0.3) is 0 Å². The molecule has 4 aliphatic rings. The van der Waals surface area contributed by atoms with E-state index >= 15 is 0 Å². The van der Waals surface area contributed by atoms with Crippen LogP contribution in [0.25, 0.3) is 0 Å². The smallest absolute Gasteiger partial charge is 0.354 e. The summed E-state index contributed by atoms with van der Waals surface area (Å²) in [6.07, 6.45) is 0.668. The normalized spacial score (nSPS) is 36.6. The van der Waals surface area contributed by atoms with Gasteiger partial charge < -0.3 is 10.2 Å². The molecule has 4 atom stereocenters. The molecular formula is C23H33F3N4S. The number of pyridine rings is 1. The minimum atomic E-state index is -4.33. The maximum atomic E-state index is 12.8. The molecule has 1 N–H and O–H groups in total. The molecule has 4 fully saturated rings. The summed E-state index contributed by atoms with van der Waals surface area (Å²) in [4.78, 5) is 6.16. The van der Waals surface area contributed by atoms with Gasteiger partial charge in [0, 0.05) is 49.6 Å². The van der Waals surface area contributed by atoms with E-state index in [1.807, 2.05) is 11.9 Å². The van der Waals surface area contributed by atoms with Crippen LogP contribution in [0.3, 0.4) is 0 Å². The monoisotopic (exact) mass is 454 g/mol. The Balaban J connectivity index is 1.18. The van der Waals surface area contributed by atoms with Gasteiger partial charge in [-0.05, 0) is 54.7 Å². The van der Waals surface area contributed by atoms with Crippen molar-refractivity contribution < 1.29 is 13.2 Å². The van der Waals surface area contributed by atoms with Crippen molar-refractivity contribution in [1.29, 1.82) is 0 Å². The zero-order valence-electron chi connectivity index (χ0n) is 18.6. The van der Waals surface area contributed by atoms with E-state index in [0.29, 0.717) is 28.1 Å². The number of piperazine rings is 1. The number of nitrogens with zero attached hydrogens (tertiary/aromatic N) is 3. The fourth-order valence-electron chi connectivity index (χ4n) is 7.43. The fraction of sp³-hybridized carbons (Fsp3) is 0.783. The molecule has 4 unspecified atom stereocenters. The van der Waals surface area contributed by atoms with Gasteiger partial charge >= 0.3 is 6.18 Å². The lowest BCUT2D eigenvalue weighted by molar-refractivity contribution is -0.137. The Bertz CT molecular complexity index is 821. The SMILES string of the molecule is CCNC1CC2C(C)(C)C23CCC13CSN1CCN(c2ccc(C(F)(F)F)cn2)CC1. The number of hydrogen-bond acceptors (Lipinski definition) is 5. The Morgan fingerprint density at radius 2 is 1.90 bits per heavy atom. The Labute approximate surface area is 187 Å². The van der Waals surface area contributed by atoms with Crippen LogP contribution >= 0.6 is 11.9 Å². The molecule has 0 aromatic carbocycles. The summed E-state index contributed by atoms with van der Waals surface area (Å²) in [5.74, 6) is 2.70. The second-order valence-electron chi connectivity index (χ2n) is 10.3. The van der Waals surface area contributed by atoms with Gasteiger partial charge in [-0.1, -0.05) is 32.7 Å². The van der Waals surface area contributed by atoms with Gasteiger partial charge in [-0.2, -0.15) is 13.2 Å². The van der Waals surface area contributed by atoms with Crippen LogP contribution in [0.2, 0.25) is 0 Å². The van der Waals surface area contributed by atoms with E-state index in [0.717, 1.165) is 50.9 Å². The van der Waals surface area contributed by atoms with Crippen LogP contribution in [-0.2, 0) is 6.18 Å². The summed E-state index contributed by atoms with van der Waals surface area (Å²) in [7, 11) is 0. The van der Waals surface area contributed by atoms with Crippen molar-refractivity contribution in [1.82, 2.24) is 14.6 Å². The van der Waals surface area contributed by atoms with Crippen LogP contribution < -0.4 is 10.2 Å². The maximum absolute atomic E-state index is 12.8. The third-order valence-corrected chi connectivity index (χ3v) is 10.5. The van der Waals surface area contributed by atoms with Gasteiger partial charge in [0.05, 0.1) is 5.56 Å². The molecule has 0 amide bonds. The van der Waals surface area contributed by atoms with Crippen LogP contribution in [0.5, 0.6) is 0 Å². The Hall–Kier alpha value is -0.990. The third-order valence-electron chi connectivity index (χ3n) is 9.12. The first-order valence-corrected chi connectivity index (χ1v) is 12.5. The van der Waals surface area contributed by atoms with E-state index in [9.17, 15) is 13.2 Å². The van der Waals surface area contributed by atoms with Crippen molar-refractivity contribution in [3.63, 3.8) is 0 Å². The molecule has 2 heterocycles. The molecule has 1 aromatic heterocycles. The van der Waals surface area contributed by atoms with E-state index < -0.39 is 11.7 Å². The van der Waals surface area contributed by atoms with E-state index in [1.165, 1.54) is 31.1 Å². The van der Waals surface area contributed by atoms with Crippen molar-refractivity contribution in [2.45, 2.75) is 52.3 Å². The Morgan fingerprint density at radius 3 is 2.45 bits per heavy atom. The number of halogens is 3. The van der Waals surface area contributed by atoms with Crippen molar-refractivity contribution >= 4 is 17.8 Å². The van der Waals surface area contributed by atoms with E-state index in [4.69, 9.17) is 0 Å². The summed E-state index contributed by atoms with van der Waals surface area (Å²) in [6, 6.07) is 3.28. The average molecular weight is 455 g/mol. The number of nitrogens with one attached hydrogen (secondary N) is 1. The molecule has 4 nitrogen and oxygen atoms in total. The zero-order chi connectivity index (χ0) is 22.1. The molecule has 1 saturated heterocycles.